The van der Waals surface area contributed by atoms with Crippen molar-refractivity contribution in [1.29, 1.82) is 0 Å². The van der Waals surface area contributed by atoms with Crippen LogP contribution in [-0.4, -0.2) is 10.9 Å². The van der Waals surface area contributed by atoms with Gasteiger partial charge in [0.25, 0.3) is 5.91 Å². The molecule has 0 fully saturated rings. The number of carbonyl (C=O) groups excluding carboxylic acids is 1. The first-order valence-electron chi connectivity index (χ1n) is 5.99. The normalized spacial score (nSPS) is 11.4. The van der Waals surface area contributed by atoms with Crippen molar-refractivity contribution in [2.45, 2.75) is 26.3 Å². The largest absolute Gasteiger partial charge is 0.342 e. The molecule has 0 saturated carbocycles. The summed E-state index contributed by atoms with van der Waals surface area (Å²) in [5, 5.41) is 3.96. The van der Waals surface area contributed by atoms with Crippen LogP contribution < -0.4 is 5.32 Å². The number of rotatable bonds is 3. The van der Waals surface area contributed by atoms with Crippen molar-refractivity contribution in [3.8, 4) is 0 Å². The molecule has 1 aromatic heterocycles. The standard InChI is InChI=1S/C14H14Cl2N2OS/c1-8-12(20-7-17-8)13(19)18-14(2,3)9-4-5-10(15)11(16)6-9/h4-7H,1-3H3,(H,18,19). The lowest BCUT2D eigenvalue weighted by molar-refractivity contribution is 0.0915. The number of aryl methyl sites for hydroxylation is 1. The summed E-state index contributed by atoms with van der Waals surface area (Å²) in [6.45, 7) is 5.65. The highest BCUT2D eigenvalue weighted by Crippen LogP contribution is 2.29. The van der Waals surface area contributed by atoms with E-state index in [0.717, 1.165) is 11.3 Å². The van der Waals surface area contributed by atoms with Gasteiger partial charge in [-0.05, 0) is 38.5 Å². The molecule has 0 spiro atoms. The molecule has 2 rings (SSSR count). The van der Waals surface area contributed by atoms with Gasteiger partial charge in [-0.15, -0.1) is 11.3 Å². The van der Waals surface area contributed by atoms with Crippen LogP contribution in [0, 0.1) is 6.92 Å². The van der Waals surface area contributed by atoms with E-state index < -0.39 is 5.54 Å². The van der Waals surface area contributed by atoms with E-state index in [2.05, 4.69) is 10.3 Å². The van der Waals surface area contributed by atoms with Gasteiger partial charge in [-0.25, -0.2) is 4.98 Å². The molecule has 0 saturated heterocycles. The zero-order chi connectivity index (χ0) is 14.9. The second kappa shape index (κ2) is 5.72. The van der Waals surface area contributed by atoms with Crippen LogP contribution in [0.15, 0.2) is 23.7 Å². The molecule has 1 heterocycles. The van der Waals surface area contributed by atoms with E-state index in [-0.39, 0.29) is 5.91 Å². The Kier molecular flexibility index (Phi) is 4.37. The van der Waals surface area contributed by atoms with Gasteiger partial charge >= 0.3 is 0 Å². The Hall–Kier alpha value is -1.10. The lowest BCUT2D eigenvalue weighted by atomic mass is 9.94. The van der Waals surface area contributed by atoms with Gasteiger partial charge in [-0.1, -0.05) is 29.3 Å². The molecule has 1 N–H and O–H groups in total. The van der Waals surface area contributed by atoms with Gasteiger partial charge in [0, 0.05) is 0 Å². The van der Waals surface area contributed by atoms with E-state index in [9.17, 15) is 4.79 Å². The summed E-state index contributed by atoms with van der Waals surface area (Å²) < 4.78 is 0. The van der Waals surface area contributed by atoms with Crippen LogP contribution in [0.2, 0.25) is 10.0 Å². The summed E-state index contributed by atoms with van der Waals surface area (Å²) in [4.78, 5) is 17.0. The second-order valence-corrected chi connectivity index (χ2v) is 6.64. The van der Waals surface area contributed by atoms with Crippen molar-refractivity contribution in [2.75, 3.05) is 0 Å². The average Bonchev–Trinajstić information content (AvgIpc) is 2.78. The molecule has 3 nitrogen and oxygen atoms in total. The Morgan fingerprint density at radius 3 is 2.55 bits per heavy atom. The third kappa shape index (κ3) is 3.14. The van der Waals surface area contributed by atoms with E-state index in [4.69, 9.17) is 23.2 Å². The highest BCUT2D eigenvalue weighted by molar-refractivity contribution is 7.11. The Labute approximate surface area is 131 Å². The summed E-state index contributed by atoms with van der Waals surface area (Å²) in [5.74, 6) is -0.138. The minimum Gasteiger partial charge on any atom is -0.342 e. The summed E-state index contributed by atoms with van der Waals surface area (Å²) >= 11 is 13.3. The van der Waals surface area contributed by atoms with Gasteiger partial charge in [0.2, 0.25) is 0 Å². The molecular weight excluding hydrogens is 315 g/mol. The average molecular weight is 329 g/mol. The molecule has 6 heteroatoms. The number of benzene rings is 1. The zero-order valence-electron chi connectivity index (χ0n) is 11.3. The minimum atomic E-state index is -0.554. The summed E-state index contributed by atoms with van der Waals surface area (Å²) in [6, 6.07) is 5.35. The smallest absolute Gasteiger partial charge is 0.263 e. The van der Waals surface area contributed by atoms with Crippen molar-refractivity contribution in [3.63, 3.8) is 0 Å². The molecule has 0 unspecified atom stereocenters. The molecule has 0 aliphatic heterocycles. The van der Waals surface area contributed by atoms with Crippen molar-refractivity contribution in [1.82, 2.24) is 10.3 Å². The quantitative estimate of drug-likeness (QED) is 0.905. The Morgan fingerprint density at radius 2 is 2.00 bits per heavy atom. The summed E-state index contributed by atoms with van der Waals surface area (Å²) in [5.41, 5.74) is 2.73. The summed E-state index contributed by atoms with van der Waals surface area (Å²) in [6.07, 6.45) is 0. The molecule has 106 valence electrons. The number of nitrogens with one attached hydrogen (secondary N) is 1. The number of halogens is 2. The molecule has 0 aliphatic carbocycles. The van der Waals surface area contributed by atoms with Gasteiger partial charge in [0.05, 0.1) is 26.8 Å². The van der Waals surface area contributed by atoms with Gasteiger partial charge in [-0.3, -0.25) is 4.79 Å². The fraction of sp³-hybridized carbons (Fsp3) is 0.286. The maximum atomic E-state index is 12.3. The molecule has 1 aromatic carbocycles. The highest BCUT2D eigenvalue weighted by atomic mass is 35.5. The van der Waals surface area contributed by atoms with Crippen LogP contribution in [0.1, 0.15) is 34.8 Å². The van der Waals surface area contributed by atoms with Gasteiger partial charge in [-0.2, -0.15) is 0 Å². The SMILES string of the molecule is Cc1ncsc1C(=O)NC(C)(C)c1ccc(Cl)c(Cl)c1. The second-order valence-electron chi connectivity index (χ2n) is 4.97. The highest BCUT2D eigenvalue weighted by Gasteiger charge is 2.25. The number of nitrogens with zero attached hydrogens (tertiary/aromatic N) is 1. The Bertz CT molecular complexity index is 652. The number of hydrogen-bond donors (Lipinski definition) is 1. The van der Waals surface area contributed by atoms with E-state index in [1.807, 2.05) is 26.8 Å². The van der Waals surface area contributed by atoms with Crippen LogP contribution in [0.25, 0.3) is 0 Å². The summed E-state index contributed by atoms with van der Waals surface area (Å²) in [7, 11) is 0. The molecule has 0 atom stereocenters. The zero-order valence-corrected chi connectivity index (χ0v) is 13.7. The van der Waals surface area contributed by atoms with Crippen LogP contribution in [-0.2, 0) is 5.54 Å². The molecule has 2 aromatic rings. The molecule has 1 amide bonds. The number of hydrogen-bond acceptors (Lipinski definition) is 3. The van der Waals surface area contributed by atoms with Crippen LogP contribution in [0.3, 0.4) is 0 Å². The molecule has 0 radical (unpaired) electrons. The molecule has 0 aliphatic rings. The van der Waals surface area contributed by atoms with E-state index in [1.165, 1.54) is 11.3 Å². The molecular formula is C14H14Cl2N2OS. The number of amides is 1. The van der Waals surface area contributed by atoms with E-state index in [1.54, 1.807) is 17.6 Å². The monoisotopic (exact) mass is 328 g/mol. The minimum absolute atomic E-state index is 0.138. The fourth-order valence-corrected chi connectivity index (χ4v) is 2.81. The lowest BCUT2D eigenvalue weighted by Crippen LogP contribution is -2.40. The van der Waals surface area contributed by atoms with Gasteiger partial charge < -0.3 is 5.32 Å². The van der Waals surface area contributed by atoms with Crippen molar-refractivity contribution in [2.24, 2.45) is 0 Å². The van der Waals surface area contributed by atoms with E-state index >= 15 is 0 Å². The Balaban J connectivity index is 2.24. The topological polar surface area (TPSA) is 42.0 Å². The predicted octanol–water partition coefficient (Wildman–Crippen LogP) is 4.42. The predicted molar refractivity (Wildman–Crippen MR) is 83.8 cm³/mol. The molecule has 0 bridgehead atoms. The third-order valence-corrected chi connectivity index (χ3v) is 4.69. The molecule has 20 heavy (non-hydrogen) atoms. The first-order valence-corrected chi connectivity index (χ1v) is 7.63. The Morgan fingerprint density at radius 1 is 1.30 bits per heavy atom. The third-order valence-electron chi connectivity index (χ3n) is 3.02. The van der Waals surface area contributed by atoms with Crippen molar-refractivity contribution in [3.05, 3.63) is 49.9 Å². The van der Waals surface area contributed by atoms with E-state index in [0.29, 0.717) is 14.9 Å². The number of carbonyl (C=O) groups is 1. The maximum Gasteiger partial charge on any atom is 0.263 e. The van der Waals surface area contributed by atoms with Crippen LogP contribution in [0.4, 0.5) is 0 Å². The van der Waals surface area contributed by atoms with Crippen LogP contribution in [0.5, 0.6) is 0 Å². The van der Waals surface area contributed by atoms with Crippen LogP contribution >= 0.6 is 34.5 Å². The van der Waals surface area contributed by atoms with Crippen molar-refractivity contribution >= 4 is 40.4 Å². The van der Waals surface area contributed by atoms with Gasteiger partial charge in [0.15, 0.2) is 0 Å². The first kappa shape index (κ1) is 15.3. The lowest BCUT2D eigenvalue weighted by Gasteiger charge is -2.27. The fourth-order valence-electron chi connectivity index (χ4n) is 1.82. The van der Waals surface area contributed by atoms with Crippen molar-refractivity contribution < 1.29 is 4.79 Å². The maximum absolute atomic E-state index is 12.3. The first-order chi connectivity index (χ1) is 9.31. The number of aromatic nitrogens is 1. The number of thiazole rings is 1. The van der Waals surface area contributed by atoms with Gasteiger partial charge in [0.1, 0.15) is 4.88 Å².